The summed E-state index contributed by atoms with van der Waals surface area (Å²) in [7, 11) is -4.72. The predicted octanol–water partition coefficient (Wildman–Crippen LogP) is 1.06. The number of ether oxygens (including phenoxy) is 2. The largest absolute Gasteiger partial charge is 0.462 e. The lowest BCUT2D eigenvalue weighted by atomic mass is 9.96. The first-order valence-electron chi connectivity index (χ1n) is 11.5. The molecule has 1 aromatic heterocycles. The highest BCUT2D eigenvalue weighted by molar-refractivity contribution is 7.52. The second-order valence-corrected chi connectivity index (χ2v) is 10.5. The maximum Gasteiger partial charge on any atom is 0.459 e. The number of alkyl halides is 2. The predicted molar refractivity (Wildman–Crippen MR) is 127 cm³/mol. The van der Waals surface area contributed by atoms with Crippen LogP contribution in [-0.2, 0) is 23.4 Å². The van der Waals surface area contributed by atoms with E-state index in [-0.39, 0.29) is 10.3 Å². The molecule has 0 bridgehead atoms. The monoisotopic (exact) mass is 581 g/mol. The minimum atomic E-state index is -4.72. The van der Waals surface area contributed by atoms with E-state index in [1.165, 1.54) is 31.2 Å². The van der Waals surface area contributed by atoms with Crippen LogP contribution >= 0.6 is 7.75 Å². The maximum atomic E-state index is 14.4. The average Bonchev–Trinajstić information content (AvgIpc) is 3.11. The standard InChI is InChI=1S/C22H27F3N3O10P/c1-11(2)36-19(32)12(3)27-39(34,38-13-7-5-4-6-8-13)35-10-22(20(24)25)16(30)15(29)18(37-22)28-9-14(23)17(31)26-21(28)33/h4-9,11-12,15-16,18,20,29-30H,10H2,1-3H3,(H,27,34)(H,26,31,33)/t12-,15-,16-,18+,22+,39?/m0/s1. The molecule has 0 amide bonds. The van der Waals surface area contributed by atoms with Crippen molar-refractivity contribution < 1.29 is 51.3 Å². The Morgan fingerprint density at radius 1 is 1.23 bits per heavy atom. The summed E-state index contributed by atoms with van der Waals surface area (Å²) in [6.07, 6.45) is -10.7. The van der Waals surface area contributed by atoms with Crippen LogP contribution in [0.25, 0.3) is 0 Å². The van der Waals surface area contributed by atoms with Gasteiger partial charge in [0.1, 0.15) is 24.0 Å². The van der Waals surface area contributed by atoms with Crippen LogP contribution in [0.15, 0.2) is 46.1 Å². The number of H-pyrrole nitrogens is 1. The molecule has 13 nitrogen and oxygen atoms in total. The summed E-state index contributed by atoms with van der Waals surface area (Å²) in [5.74, 6) is -2.43. The van der Waals surface area contributed by atoms with Gasteiger partial charge in [0.05, 0.1) is 18.9 Å². The number of nitrogens with one attached hydrogen (secondary N) is 2. The fourth-order valence-electron chi connectivity index (χ4n) is 3.56. The highest BCUT2D eigenvalue weighted by atomic mass is 31.2. The SMILES string of the molecule is CC(C)OC(=O)[C@H](C)NP(=O)(OC[C@@]1(C(F)F)O[C@@H](n2cc(F)c(=O)[nH]c2=O)[C@@H](O)[C@@H]1O)Oc1ccccc1. The molecular formula is C22H27F3N3O10P. The quantitative estimate of drug-likeness (QED) is 0.220. The number of aliphatic hydroxyl groups is 2. The number of nitrogens with zero attached hydrogens (tertiary/aromatic N) is 1. The summed E-state index contributed by atoms with van der Waals surface area (Å²) < 4.78 is 77.2. The fourth-order valence-corrected chi connectivity index (χ4v) is 5.09. The van der Waals surface area contributed by atoms with Gasteiger partial charge in [-0.2, -0.15) is 9.48 Å². The number of halogens is 3. The highest BCUT2D eigenvalue weighted by Gasteiger charge is 2.61. The number of aliphatic hydroxyl groups excluding tert-OH is 2. The summed E-state index contributed by atoms with van der Waals surface area (Å²) in [5.41, 5.74) is -5.88. The topological polar surface area (TPSA) is 178 Å². The Bertz CT molecular complexity index is 1320. The number of para-hydroxylation sites is 1. The molecule has 0 spiro atoms. The number of rotatable bonds is 11. The molecule has 1 fully saturated rings. The lowest BCUT2D eigenvalue weighted by Gasteiger charge is -2.32. The maximum absolute atomic E-state index is 14.4. The summed E-state index contributed by atoms with van der Waals surface area (Å²) in [6, 6.07) is 5.99. The van der Waals surface area contributed by atoms with Crippen molar-refractivity contribution >= 4 is 13.7 Å². The van der Waals surface area contributed by atoms with E-state index in [1.807, 2.05) is 0 Å². The van der Waals surface area contributed by atoms with Gasteiger partial charge in [0, 0.05) is 0 Å². The second kappa shape index (κ2) is 12.0. The molecule has 216 valence electrons. The van der Waals surface area contributed by atoms with Crippen molar-refractivity contribution in [3.05, 3.63) is 63.2 Å². The van der Waals surface area contributed by atoms with Gasteiger partial charge in [-0.3, -0.25) is 23.7 Å². The van der Waals surface area contributed by atoms with Crippen LogP contribution < -0.4 is 20.9 Å². The van der Waals surface area contributed by atoms with Crippen LogP contribution in [0, 0.1) is 5.82 Å². The van der Waals surface area contributed by atoms with E-state index in [2.05, 4.69) is 5.09 Å². The van der Waals surface area contributed by atoms with Gasteiger partial charge in [0.2, 0.25) is 5.82 Å². The number of hydrogen-bond acceptors (Lipinski definition) is 10. The first kappa shape index (κ1) is 30.5. The molecule has 2 heterocycles. The Balaban J connectivity index is 1.92. The molecule has 0 saturated carbocycles. The van der Waals surface area contributed by atoms with Crippen molar-refractivity contribution in [1.82, 2.24) is 14.6 Å². The van der Waals surface area contributed by atoms with E-state index in [0.29, 0.717) is 6.20 Å². The molecule has 1 aliphatic rings. The molecule has 1 aliphatic heterocycles. The van der Waals surface area contributed by atoms with Gasteiger partial charge in [-0.25, -0.2) is 18.1 Å². The third kappa shape index (κ3) is 6.77. The number of benzene rings is 1. The number of esters is 1. The third-order valence-corrected chi connectivity index (χ3v) is 7.13. The summed E-state index contributed by atoms with van der Waals surface area (Å²) in [5, 5.41) is 23.2. The molecule has 1 aromatic carbocycles. The van der Waals surface area contributed by atoms with Gasteiger partial charge in [-0.05, 0) is 32.9 Å². The Kier molecular flexibility index (Phi) is 9.41. The van der Waals surface area contributed by atoms with Crippen molar-refractivity contribution in [3.63, 3.8) is 0 Å². The molecule has 6 atom stereocenters. The van der Waals surface area contributed by atoms with Crippen LogP contribution in [0.2, 0.25) is 0 Å². The number of aromatic amines is 1. The molecular weight excluding hydrogens is 554 g/mol. The normalized spacial score (nSPS) is 25.4. The van der Waals surface area contributed by atoms with Crippen molar-refractivity contribution in [1.29, 1.82) is 0 Å². The van der Waals surface area contributed by atoms with Crippen LogP contribution in [0.4, 0.5) is 13.2 Å². The van der Waals surface area contributed by atoms with Gasteiger partial charge in [-0.15, -0.1) is 0 Å². The Morgan fingerprint density at radius 2 is 1.87 bits per heavy atom. The van der Waals surface area contributed by atoms with E-state index in [1.54, 1.807) is 24.9 Å². The van der Waals surface area contributed by atoms with Gasteiger partial charge in [-0.1, -0.05) is 18.2 Å². The number of carbonyl (C=O) groups is 1. The Morgan fingerprint density at radius 3 is 2.46 bits per heavy atom. The summed E-state index contributed by atoms with van der Waals surface area (Å²) in [6.45, 7) is 2.96. The van der Waals surface area contributed by atoms with Crippen molar-refractivity contribution in [2.75, 3.05) is 6.61 Å². The molecule has 39 heavy (non-hydrogen) atoms. The van der Waals surface area contributed by atoms with Crippen molar-refractivity contribution in [2.45, 2.75) is 63.4 Å². The Hall–Kier alpha value is -3.01. The summed E-state index contributed by atoms with van der Waals surface area (Å²) >= 11 is 0. The minimum Gasteiger partial charge on any atom is -0.462 e. The molecule has 4 N–H and O–H groups in total. The van der Waals surface area contributed by atoms with Gasteiger partial charge >= 0.3 is 19.4 Å². The van der Waals surface area contributed by atoms with Crippen LogP contribution in [0.3, 0.4) is 0 Å². The van der Waals surface area contributed by atoms with Crippen LogP contribution in [-0.4, -0.2) is 68.7 Å². The molecule has 0 radical (unpaired) electrons. The molecule has 1 saturated heterocycles. The van der Waals surface area contributed by atoms with E-state index >= 15 is 0 Å². The zero-order valence-electron chi connectivity index (χ0n) is 20.8. The molecule has 3 rings (SSSR count). The van der Waals surface area contributed by atoms with Crippen LogP contribution in [0.5, 0.6) is 5.75 Å². The molecule has 2 aromatic rings. The van der Waals surface area contributed by atoms with Gasteiger partial charge in [0.25, 0.3) is 12.0 Å². The van der Waals surface area contributed by atoms with E-state index in [0.717, 1.165) is 0 Å². The molecule has 0 aliphatic carbocycles. The van der Waals surface area contributed by atoms with E-state index in [4.69, 9.17) is 18.5 Å². The van der Waals surface area contributed by atoms with E-state index < -0.39 is 80.0 Å². The Labute approximate surface area is 219 Å². The number of hydrogen-bond donors (Lipinski definition) is 4. The molecule has 17 heteroatoms. The molecule has 1 unspecified atom stereocenters. The fraction of sp³-hybridized carbons (Fsp3) is 0.500. The second-order valence-electron chi connectivity index (χ2n) is 8.85. The number of carbonyl (C=O) groups excluding carboxylic acids is 1. The van der Waals surface area contributed by atoms with Crippen molar-refractivity contribution in [2.24, 2.45) is 0 Å². The first-order chi connectivity index (χ1) is 18.2. The zero-order valence-corrected chi connectivity index (χ0v) is 21.7. The number of aromatic nitrogens is 2. The van der Waals surface area contributed by atoms with Gasteiger partial charge < -0.3 is 24.2 Å². The highest BCUT2D eigenvalue weighted by Crippen LogP contribution is 2.49. The third-order valence-electron chi connectivity index (χ3n) is 5.51. The zero-order chi connectivity index (χ0) is 29.1. The average molecular weight is 581 g/mol. The van der Waals surface area contributed by atoms with Gasteiger partial charge in [0.15, 0.2) is 11.8 Å². The van der Waals surface area contributed by atoms with Crippen molar-refractivity contribution in [3.8, 4) is 5.75 Å². The van der Waals surface area contributed by atoms with Crippen LogP contribution in [0.1, 0.15) is 27.0 Å². The van der Waals surface area contributed by atoms with E-state index in [9.17, 15) is 42.3 Å². The minimum absolute atomic E-state index is 0.0510. The lowest BCUT2D eigenvalue weighted by Crippen LogP contribution is -2.53. The summed E-state index contributed by atoms with van der Waals surface area (Å²) in [4.78, 5) is 37.3. The smallest absolute Gasteiger partial charge is 0.459 e. The lowest BCUT2D eigenvalue weighted by molar-refractivity contribution is -0.193. The first-order valence-corrected chi connectivity index (χ1v) is 13.0.